The molecule has 0 aromatic carbocycles. The third kappa shape index (κ3) is 20.0. The van der Waals surface area contributed by atoms with E-state index in [0.29, 0.717) is 21.6 Å². The van der Waals surface area contributed by atoms with E-state index in [9.17, 15) is 0 Å². The highest BCUT2D eigenvalue weighted by Crippen LogP contribution is 2.47. The lowest BCUT2D eigenvalue weighted by atomic mass is 9.88. The van der Waals surface area contributed by atoms with Crippen LogP contribution in [-0.2, 0) is 12.8 Å². The lowest BCUT2D eigenvalue weighted by molar-refractivity contribution is 0.401. The van der Waals surface area contributed by atoms with Crippen LogP contribution in [0.15, 0.2) is 35.0 Å². The van der Waals surface area contributed by atoms with E-state index >= 15 is 8.78 Å². The Hall–Kier alpha value is -1.34. The van der Waals surface area contributed by atoms with Crippen molar-refractivity contribution in [3.8, 4) is 29.3 Å². The average molecular weight is 928 g/mol. The monoisotopic (exact) mass is 927 g/mol. The quantitative estimate of drug-likeness (QED) is 0.0391. The first kappa shape index (κ1) is 53.3. The molecule has 4 heterocycles. The van der Waals surface area contributed by atoms with Gasteiger partial charge in [-0.15, -0.1) is 45.3 Å². The molecule has 4 aromatic rings. The average Bonchev–Trinajstić information content (AvgIpc) is 4.09. The first-order valence-electron chi connectivity index (χ1n) is 26.2. The Morgan fingerprint density at radius 1 is 0.371 bits per heavy atom. The van der Waals surface area contributed by atoms with Crippen LogP contribution in [0.2, 0.25) is 0 Å². The zero-order chi connectivity index (χ0) is 44.0. The van der Waals surface area contributed by atoms with E-state index in [-0.39, 0.29) is 11.6 Å². The van der Waals surface area contributed by atoms with Gasteiger partial charge in [-0.2, -0.15) is 0 Å². The van der Waals surface area contributed by atoms with Gasteiger partial charge in [0.25, 0.3) is 0 Å². The zero-order valence-electron chi connectivity index (χ0n) is 40.0. The lowest BCUT2D eigenvalue weighted by Crippen LogP contribution is -2.05. The highest BCUT2D eigenvalue weighted by atomic mass is 32.1. The molecule has 0 radical (unpaired) electrons. The molecule has 0 aliphatic heterocycles. The fourth-order valence-electron chi connectivity index (χ4n) is 9.58. The minimum Gasteiger partial charge on any atom is -0.205 e. The van der Waals surface area contributed by atoms with E-state index in [1.165, 1.54) is 249 Å². The maximum Gasteiger partial charge on any atom is 0.143 e. The molecule has 4 aromatic heterocycles. The molecular weight excluding hydrogens is 839 g/mol. The van der Waals surface area contributed by atoms with Gasteiger partial charge in [-0.1, -0.05) is 233 Å². The number of hydrogen-bond donors (Lipinski definition) is 0. The van der Waals surface area contributed by atoms with Crippen molar-refractivity contribution >= 4 is 45.3 Å². The van der Waals surface area contributed by atoms with Crippen LogP contribution in [0.25, 0.3) is 29.3 Å². The van der Waals surface area contributed by atoms with Gasteiger partial charge in [0.15, 0.2) is 0 Å². The lowest BCUT2D eigenvalue weighted by Gasteiger charge is -2.17. The molecule has 2 atom stereocenters. The zero-order valence-corrected chi connectivity index (χ0v) is 43.3. The molecule has 0 saturated heterocycles. The summed E-state index contributed by atoms with van der Waals surface area (Å²) in [5.74, 6) is 0.772. The summed E-state index contributed by atoms with van der Waals surface area (Å²) in [5.41, 5.74) is 2.72. The molecule has 0 spiro atoms. The number of thiophene rings is 4. The summed E-state index contributed by atoms with van der Waals surface area (Å²) in [4.78, 5) is 5.22. The molecule has 4 rings (SSSR count). The van der Waals surface area contributed by atoms with E-state index in [1.807, 2.05) is 0 Å². The third-order valence-corrected chi connectivity index (χ3v) is 18.1. The normalized spacial score (nSPS) is 12.8. The molecule has 0 bridgehead atoms. The molecule has 0 fully saturated rings. The molecule has 0 amide bonds. The number of hydrogen-bond acceptors (Lipinski definition) is 4. The van der Waals surface area contributed by atoms with Crippen molar-refractivity contribution in [2.75, 3.05) is 0 Å². The van der Waals surface area contributed by atoms with Gasteiger partial charge in [0.05, 0.1) is 9.75 Å². The minimum atomic E-state index is -0.282. The topological polar surface area (TPSA) is 0 Å². The van der Waals surface area contributed by atoms with Gasteiger partial charge in [-0.3, -0.25) is 0 Å². The first-order valence-corrected chi connectivity index (χ1v) is 29.6. The number of unbranched alkanes of at least 4 members (excludes halogenated alkanes) is 24. The van der Waals surface area contributed by atoms with Crippen LogP contribution < -0.4 is 0 Å². The summed E-state index contributed by atoms with van der Waals surface area (Å²) in [6, 6.07) is 7.97. The predicted molar refractivity (Wildman–Crippen MR) is 279 cm³/mol. The van der Waals surface area contributed by atoms with Gasteiger partial charge in [0.1, 0.15) is 11.6 Å². The second-order valence-corrected chi connectivity index (χ2v) is 22.8. The van der Waals surface area contributed by atoms with E-state index in [1.54, 1.807) is 34.8 Å². The molecule has 62 heavy (non-hydrogen) atoms. The highest BCUT2D eigenvalue weighted by Gasteiger charge is 2.24. The predicted octanol–water partition coefficient (Wildman–Crippen LogP) is 22.1. The molecule has 350 valence electrons. The van der Waals surface area contributed by atoms with Crippen molar-refractivity contribution in [1.82, 2.24) is 0 Å². The Bertz CT molecular complexity index is 1550. The van der Waals surface area contributed by atoms with Gasteiger partial charge < -0.3 is 0 Å². The van der Waals surface area contributed by atoms with Gasteiger partial charge in [0, 0.05) is 19.5 Å². The van der Waals surface area contributed by atoms with Crippen molar-refractivity contribution in [2.45, 2.75) is 246 Å². The van der Waals surface area contributed by atoms with Gasteiger partial charge >= 0.3 is 0 Å². The summed E-state index contributed by atoms with van der Waals surface area (Å²) in [5, 5.41) is 4.38. The smallest absolute Gasteiger partial charge is 0.143 e. The molecule has 0 nitrogen and oxygen atoms in total. The molecule has 6 heteroatoms. The van der Waals surface area contributed by atoms with Crippen LogP contribution in [0.5, 0.6) is 0 Å². The maximum absolute atomic E-state index is 16.0. The summed E-state index contributed by atoms with van der Waals surface area (Å²) in [6.07, 6.45) is 45.0. The van der Waals surface area contributed by atoms with Crippen molar-refractivity contribution in [3.05, 3.63) is 57.8 Å². The van der Waals surface area contributed by atoms with E-state index in [2.05, 4.69) is 50.6 Å². The first-order chi connectivity index (χ1) is 30.5. The molecule has 0 saturated carbocycles. The molecule has 0 N–H and O–H groups in total. The van der Waals surface area contributed by atoms with E-state index < -0.39 is 0 Å². The van der Waals surface area contributed by atoms with Crippen LogP contribution in [0, 0.1) is 23.5 Å². The Labute approximate surface area is 396 Å². The summed E-state index contributed by atoms with van der Waals surface area (Å²) in [7, 11) is 0. The Balaban J connectivity index is 1.42. The second kappa shape index (κ2) is 33.2. The summed E-state index contributed by atoms with van der Waals surface area (Å²) < 4.78 is 32.0. The van der Waals surface area contributed by atoms with Crippen molar-refractivity contribution in [3.63, 3.8) is 0 Å². The molecule has 0 aliphatic rings. The fraction of sp³-hybridized carbons (Fsp3) is 0.714. The van der Waals surface area contributed by atoms with Crippen LogP contribution in [0.4, 0.5) is 8.78 Å². The fourth-order valence-corrected chi connectivity index (χ4v) is 14.0. The molecular formula is C56H88F2S4. The van der Waals surface area contributed by atoms with Crippen LogP contribution in [0.1, 0.15) is 244 Å². The SMILES string of the molecule is CCCCCCCCCCC(CCCCCCCC)Cc1ccsc1-c1cc(F)c(-c2sc(-c3sccc3CC(CCCCCCCC)CCCCCCCCCC)cc2F)s1. The Morgan fingerprint density at radius 3 is 0.935 bits per heavy atom. The van der Waals surface area contributed by atoms with Gasteiger partial charge in [-0.25, -0.2) is 8.78 Å². The van der Waals surface area contributed by atoms with Crippen molar-refractivity contribution in [1.29, 1.82) is 0 Å². The van der Waals surface area contributed by atoms with Crippen LogP contribution in [0.3, 0.4) is 0 Å². The highest BCUT2D eigenvalue weighted by molar-refractivity contribution is 7.28. The minimum absolute atomic E-state index is 0.282. The largest absolute Gasteiger partial charge is 0.205 e. The van der Waals surface area contributed by atoms with E-state index in [0.717, 1.165) is 22.6 Å². The Morgan fingerprint density at radius 2 is 0.645 bits per heavy atom. The standard InChI is InChI=1S/C56H88F2S4/c1-5-9-13-17-21-23-27-31-35-45(33-29-25-19-15-11-7-3)41-47-37-39-59-53(47)51-43-49(57)55(61-51)56-50(58)44-52(62-56)54-48(38-40-60-54)42-46(34-30-26-20-16-12-8-4)36-32-28-24-22-18-14-10-6-2/h37-40,43-46H,5-36,41-42H2,1-4H3. The third-order valence-electron chi connectivity index (χ3n) is 13.4. The summed E-state index contributed by atoms with van der Waals surface area (Å²) in [6.45, 7) is 9.17. The van der Waals surface area contributed by atoms with E-state index in [4.69, 9.17) is 0 Å². The molecule has 2 unspecified atom stereocenters. The molecule has 0 aliphatic carbocycles. The van der Waals surface area contributed by atoms with Crippen molar-refractivity contribution < 1.29 is 8.78 Å². The number of halogens is 2. The Kier molecular flexibility index (Phi) is 28.5. The van der Waals surface area contributed by atoms with Crippen molar-refractivity contribution in [2.24, 2.45) is 11.8 Å². The van der Waals surface area contributed by atoms with Crippen LogP contribution in [-0.4, -0.2) is 0 Å². The van der Waals surface area contributed by atoms with Gasteiger partial charge in [0.2, 0.25) is 0 Å². The summed E-state index contributed by atoms with van der Waals surface area (Å²) >= 11 is 6.38. The number of rotatable bonds is 39. The second-order valence-electron chi connectivity index (χ2n) is 18.9. The van der Waals surface area contributed by atoms with Gasteiger partial charge in [-0.05, 0) is 70.8 Å². The van der Waals surface area contributed by atoms with Crippen LogP contribution >= 0.6 is 45.3 Å². The maximum atomic E-state index is 16.0.